The number of aromatic nitrogens is 2. The van der Waals surface area contributed by atoms with Crippen LogP contribution in [0.5, 0.6) is 0 Å². The predicted molar refractivity (Wildman–Crippen MR) is 60.7 cm³/mol. The summed E-state index contributed by atoms with van der Waals surface area (Å²) in [6.07, 6.45) is 5.00. The van der Waals surface area contributed by atoms with E-state index in [2.05, 4.69) is 16.5 Å². The van der Waals surface area contributed by atoms with Crippen LogP contribution in [0.2, 0.25) is 0 Å². The Morgan fingerprint density at radius 3 is 3.00 bits per heavy atom. The van der Waals surface area contributed by atoms with Gasteiger partial charge < -0.3 is 15.4 Å². The molecule has 0 saturated heterocycles. The summed E-state index contributed by atoms with van der Waals surface area (Å²) in [7, 11) is 1.66. The van der Waals surface area contributed by atoms with E-state index in [1.165, 1.54) is 6.20 Å². The zero-order valence-electron chi connectivity index (χ0n) is 8.89. The van der Waals surface area contributed by atoms with E-state index in [1.807, 2.05) is 4.90 Å². The lowest BCUT2D eigenvalue weighted by atomic mass is 10.4. The lowest BCUT2D eigenvalue weighted by Gasteiger charge is -2.21. The Morgan fingerprint density at radius 2 is 2.40 bits per heavy atom. The Hall–Kier alpha value is -1.62. The van der Waals surface area contributed by atoms with Crippen LogP contribution >= 0.6 is 0 Å². The fourth-order valence-electron chi connectivity index (χ4n) is 1.18. The highest BCUT2D eigenvalue weighted by Crippen LogP contribution is 2.09. The molecule has 0 atom stereocenters. The minimum Gasteiger partial charge on any atom is -0.383 e. The maximum atomic E-state index is 5.56. The van der Waals surface area contributed by atoms with Crippen LogP contribution in [0.25, 0.3) is 0 Å². The number of ether oxygens (including phenoxy) is 1. The average Bonchev–Trinajstić information content (AvgIpc) is 2.24. The van der Waals surface area contributed by atoms with Crippen LogP contribution < -0.4 is 10.6 Å². The quantitative estimate of drug-likeness (QED) is 0.697. The van der Waals surface area contributed by atoms with E-state index in [0.717, 1.165) is 12.4 Å². The number of nitrogen functional groups attached to an aromatic ring is 1. The standard InChI is InChI=1S/C10H16N4O/c1-3-4-14(5-6-15-2)10-8-12-7-9(11)13-10/h3,7-8H,1,4-6H2,2H3,(H2,11,13). The number of hydrogen-bond donors (Lipinski definition) is 1. The van der Waals surface area contributed by atoms with Crippen LogP contribution in [0.3, 0.4) is 0 Å². The molecule has 0 aliphatic heterocycles. The van der Waals surface area contributed by atoms with E-state index >= 15 is 0 Å². The topological polar surface area (TPSA) is 64.3 Å². The highest BCUT2D eigenvalue weighted by molar-refractivity contribution is 5.41. The van der Waals surface area contributed by atoms with Gasteiger partial charge in [0, 0.05) is 20.2 Å². The molecule has 0 radical (unpaired) electrons. The van der Waals surface area contributed by atoms with Crippen molar-refractivity contribution in [3.63, 3.8) is 0 Å². The second-order valence-corrected chi connectivity index (χ2v) is 3.03. The molecule has 0 saturated carbocycles. The molecule has 82 valence electrons. The van der Waals surface area contributed by atoms with Gasteiger partial charge in [0.05, 0.1) is 19.0 Å². The molecule has 15 heavy (non-hydrogen) atoms. The van der Waals surface area contributed by atoms with E-state index < -0.39 is 0 Å². The highest BCUT2D eigenvalue weighted by Gasteiger charge is 2.06. The first-order valence-electron chi connectivity index (χ1n) is 4.70. The number of nitrogens with zero attached hydrogens (tertiary/aromatic N) is 3. The molecule has 0 bridgehead atoms. The van der Waals surface area contributed by atoms with Crippen LogP contribution in [0.1, 0.15) is 0 Å². The molecule has 1 rings (SSSR count). The Bertz CT molecular complexity index is 316. The summed E-state index contributed by atoms with van der Waals surface area (Å²) in [4.78, 5) is 10.2. The van der Waals surface area contributed by atoms with Gasteiger partial charge in [-0.2, -0.15) is 0 Å². The van der Waals surface area contributed by atoms with Crippen molar-refractivity contribution in [1.82, 2.24) is 9.97 Å². The molecule has 0 aliphatic rings. The molecule has 5 nitrogen and oxygen atoms in total. The number of methoxy groups -OCH3 is 1. The normalized spacial score (nSPS) is 9.93. The zero-order chi connectivity index (χ0) is 11.1. The number of anilines is 2. The van der Waals surface area contributed by atoms with Crippen molar-refractivity contribution in [2.75, 3.05) is 37.4 Å². The molecule has 0 aliphatic carbocycles. The third-order valence-corrected chi connectivity index (χ3v) is 1.88. The molecule has 0 unspecified atom stereocenters. The third-order valence-electron chi connectivity index (χ3n) is 1.88. The molecule has 0 aromatic carbocycles. The second kappa shape index (κ2) is 5.98. The van der Waals surface area contributed by atoms with Crippen molar-refractivity contribution in [2.45, 2.75) is 0 Å². The van der Waals surface area contributed by atoms with Gasteiger partial charge in [0.1, 0.15) is 11.6 Å². The van der Waals surface area contributed by atoms with Gasteiger partial charge in [-0.15, -0.1) is 6.58 Å². The van der Waals surface area contributed by atoms with Gasteiger partial charge in [-0.1, -0.05) is 6.08 Å². The van der Waals surface area contributed by atoms with Gasteiger partial charge in [-0.25, -0.2) is 4.98 Å². The van der Waals surface area contributed by atoms with E-state index in [9.17, 15) is 0 Å². The lowest BCUT2D eigenvalue weighted by Crippen LogP contribution is -2.28. The molecule has 0 spiro atoms. The van der Waals surface area contributed by atoms with Crippen LogP contribution in [0.15, 0.2) is 25.0 Å². The van der Waals surface area contributed by atoms with Gasteiger partial charge >= 0.3 is 0 Å². The number of hydrogen-bond acceptors (Lipinski definition) is 5. The fraction of sp³-hybridized carbons (Fsp3) is 0.400. The van der Waals surface area contributed by atoms with Crippen molar-refractivity contribution in [3.8, 4) is 0 Å². The first kappa shape index (κ1) is 11.5. The smallest absolute Gasteiger partial charge is 0.149 e. The molecule has 1 aromatic rings. The molecular weight excluding hydrogens is 192 g/mol. The molecule has 1 heterocycles. The lowest BCUT2D eigenvalue weighted by molar-refractivity contribution is 0.205. The molecule has 5 heteroatoms. The van der Waals surface area contributed by atoms with Crippen LogP contribution in [0, 0.1) is 0 Å². The van der Waals surface area contributed by atoms with Crippen molar-refractivity contribution < 1.29 is 4.74 Å². The number of rotatable bonds is 6. The Balaban J connectivity index is 2.73. The van der Waals surface area contributed by atoms with Crippen LogP contribution in [-0.4, -0.2) is 36.8 Å². The molecule has 0 amide bonds. The third kappa shape index (κ3) is 3.55. The van der Waals surface area contributed by atoms with Crippen LogP contribution in [0.4, 0.5) is 11.6 Å². The monoisotopic (exact) mass is 208 g/mol. The van der Waals surface area contributed by atoms with Gasteiger partial charge in [0.25, 0.3) is 0 Å². The SMILES string of the molecule is C=CCN(CCOC)c1cncc(N)n1. The van der Waals surface area contributed by atoms with E-state index in [-0.39, 0.29) is 0 Å². The largest absolute Gasteiger partial charge is 0.383 e. The summed E-state index contributed by atoms with van der Waals surface area (Å²) in [6.45, 7) is 5.76. The summed E-state index contributed by atoms with van der Waals surface area (Å²) in [5.74, 6) is 1.16. The average molecular weight is 208 g/mol. The first-order valence-corrected chi connectivity index (χ1v) is 4.70. The summed E-state index contributed by atoms with van der Waals surface area (Å²) in [5.41, 5.74) is 5.56. The van der Waals surface area contributed by atoms with Crippen molar-refractivity contribution in [3.05, 3.63) is 25.0 Å². The van der Waals surface area contributed by atoms with E-state index in [1.54, 1.807) is 19.4 Å². The summed E-state index contributed by atoms with van der Waals surface area (Å²) in [5, 5.41) is 0. The van der Waals surface area contributed by atoms with Gasteiger partial charge in [-0.05, 0) is 0 Å². The minimum absolute atomic E-state index is 0.416. The second-order valence-electron chi connectivity index (χ2n) is 3.03. The van der Waals surface area contributed by atoms with Gasteiger partial charge in [-0.3, -0.25) is 4.98 Å². The molecule has 0 fully saturated rings. The van der Waals surface area contributed by atoms with Crippen LogP contribution in [-0.2, 0) is 4.74 Å². The minimum atomic E-state index is 0.416. The van der Waals surface area contributed by atoms with Gasteiger partial charge in [0.2, 0.25) is 0 Å². The maximum absolute atomic E-state index is 5.56. The maximum Gasteiger partial charge on any atom is 0.149 e. The Morgan fingerprint density at radius 1 is 1.60 bits per heavy atom. The van der Waals surface area contributed by atoms with E-state index in [4.69, 9.17) is 10.5 Å². The fourth-order valence-corrected chi connectivity index (χ4v) is 1.18. The van der Waals surface area contributed by atoms with Crippen molar-refractivity contribution in [2.24, 2.45) is 0 Å². The number of nitrogens with two attached hydrogens (primary N) is 1. The Kier molecular flexibility index (Phi) is 4.56. The predicted octanol–water partition coefficient (Wildman–Crippen LogP) is 0.698. The molecule has 1 aromatic heterocycles. The zero-order valence-corrected chi connectivity index (χ0v) is 8.89. The first-order chi connectivity index (χ1) is 7.27. The summed E-state index contributed by atoms with van der Waals surface area (Å²) < 4.78 is 5.01. The molecule has 2 N–H and O–H groups in total. The van der Waals surface area contributed by atoms with Crippen molar-refractivity contribution >= 4 is 11.6 Å². The Labute approximate surface area is 89.6 Å². The van der Waals surface area contributed by atoms with E-state index in [0.29, 0.717) is 19.0 Å². The molecular formula is C10H16N4O. The van der Waals surface area contributed by atoms with Gasteiger partial charge in [0.15, 0.2) is 0 Å². The summed E-state index contributed by atoms with van der Waals surface area (Å²) >= 11 is 0. The van der Waals surface area contributed by atoms with Crippen molar-refractivity contribution in [1.29, 1.82) is 0 Å². The summed E-state index contributed by atoms with van der Waals surface area (Å²) in [6, 6.07) is 0. The highest BCUT2D eigenvalue weighted by atomic mass is 16.5.